The summed E-state index contributed by atoms with van der Waals surface area (Å²) in [6.45, 7) is 3.70. The molecule has 1 N–H and O–H groups in total. The van der Waals surface area contributed by atoms with Crippen LogP contribution in [-0.2, 0) is 9.59 Å². The van der Waals surface area contributed by atoms with Crippen LogP contribution < -0.4 is 9.64 Å². The van der Waals surface area contributed by atoms with Gasteiger partial charge in [0.25, 0.3) is 17.4 Å². The van der Waals surface area contributed by atoms with Crippen molar-refractivity contribution in [1.82, 2.24) is 0 Å². The summed E-state index contributed by atoms with van der Waals surface area (Å²) in [7, 11) is 1.48. The Morgan fingerprint density at radius 1 is 1.03 bits per heavy atom. The number of hydrogen-bond acceptors (Lipinski definition) is 6. The second-order valence-electron chi connectivity index (χ2n) is 8.01. The molecule has 1 aliphatic heterocycles. The van der Waals surface area contributed by atoms with E-state index in [0.717, 1.165) is 11.1 Å². The molecule has 3 aromatic rings. The number of Topliss-reactive ketones (excluding diaryl/α,β-unsaturated/α-hetero) is 1. The summed E-state index contributed by atoms with van der Waals surface area (Å²) in [5, 5.41) is 22.5. The van der Waals surface area contributed by atoms with Crippen molar-refractivity contribution in [3.8, 4) is 5.75 Å². The van der Waals surface area contributed by atoms with Gasteiger partial charge in [-0.3, -0.25) is 24.6 Å². The van der Waals surface area contributed by atoms with E-state index in [4.69, 9.17) is 4.74 Å². The number of nitro benzene ring substituents is 1. The molecule has 0 bridgehead atoms. The lowest BCUT2D eigenvalue weighted by atomic mass is 9.94. The fourth-order valence-electron chi connectivity index (χ4n) is 4.17. The molecule has 8 heteroatoms. The molecule has 3 aromatic carbocycles. The maximum absolute atomic E-state index is 13.4. The lowest BCUT2D eigenvalue weighted by molar-refractivity contribution is -0.384. The Balaban J connectivity index is 2.02. The van der Waals surface area contributed by atoms with Crippen molar-refractivity contribution in [2.24, 2.45) is 0 Å². The number of nitrogens with zero attached hydrogens (tertiary/aromatic N) is 2. The van der Waals surface area contributed by atoms with Gasteiger partial charge in [-0.05, 0) is 37.1 Å². The van der Waals surface area contributed by atoms with E-state index in [1.165, 1.54) is 36.3 Å². The van der Waals surface area contributed by atoms with Gasteiger partial charge >= 0.3 is 0 Å². The van der Waals surface area contributed by atoms with Crippen molar-refractivity contribution >= 4 is 28.8 Å². The number of para-hydroxylation sites is 1. The van der Waals surface area contributed by atoms with Gasteiger partial charge in [0.05, 0.1) is 23.6 Å². The molecule has 1 amide bonds. The fourth-order valence-corrected chi connectivity index (χ4v) is 4.17. The zero-order valence-electron chi connectivity index (χ0n) is 18.8. The molecule has 1 heterocycles. The molecular weight excluding hydrogens is 436 g/mol. The number of ketones is 1. The van der Waals surface area contributed by atoms with Crippen LogP contribution in [0.2, 0.25) is 0 Å². The Morgan fingerprint density at radius 3 is 2.47 bits per heavy atom. The largest absolute Gasteiger partial charge is 0.507 e. The summed E-state index contributed by atoms with van der Waals surface area (Å²) >= 11 is 0. The van der Waals surface area contributed by atoms with E-state index in [9.17, 15) is 24.8 Å². The third-order valence-corrected chi connectivity index (χ3v) is 5.83. The Bertz CT molecular complexity index is 1360. The van der Waals surface area contributed by atoms with Gasteiger partial charge in [-0.15, -0.1) is 0 Å². The number of methoxy groups -OCH3 is 1. The van der Waals surface area contributed by atoms with Crippen molar-refractivity contribution in [2.45, 2.75) is 19.9 Å². The average Bonchev–Trinajstić information content (AvgIpc) is 3.10. The average molecular weight is 458 g/mol. The highest BCUT2D eigenvalue weighted by atomic mass is 16.6. The molecule has 34 heavy (non-hydrogen) atoms. The highest BCUT2D eigenvalue weighted by Crippen LogP contribution is 2.45. The fraction of sp³-hybridized carbons (Fsp3) is 0.154. The Morgan fingerprint density at radius 2 is 1.76 bits per heavy atom. The molecule has 0 radical (unpaired) electrons. The number of anilines is 1. The van der Waals surface area contributed by atoms with Crippen LogP contribution in [-0.4, -0.2) is 28.8 Å². The van der Waals surface area contributed by atoms with Gasteiger partial charge in [0, 0.05) is 28.9 Å². The van der Waals surface area contributed by atoms with E-state index in [1.807, 2.05) is 26.0 Å². The van der Waals surface area contributed by atoms with E-state index in [1.54, 1.807) is 30.3 Å². The smallest absolute Gasteiger partial charge is 0.300 e. The summed E-state index contributed by atoms with van der Waals surface area (Å²) in [5.74, 6) is -1.77. The van der Waals surface area contributed by atoms with Crippen molar-refractivity contribution in [2.75, 3.05) is 12.0 Å². The molecule has 172 valence electrons. The summed E-state index contributed by atoms with van der Waals surface area (Å²) in [5.41, 5.74) is 2.32. The summed E-state index contributed by atoms with van der Waals surface area (Å²) in [6, 6.07) is 16.8. The second-order valence-corrected chi connectivity index (χ2v) is 8.01. The minimum absolute atomic E-state index is 0.0630. The SMILES string of the molecule is COc1ccccc1C1/C(=C(\O)c2cccc([N+](=O)[O-])c2)C(=O)C(=O)N1c1cc(C)ccc1C. The Hall–Kier alpha value is -4.46. The minimum Gasteiger partial charge on any atom is -0.507 e. The van der Waals surface area contributed by atoms with Crippen molar-refractivity contribution in [3.05, 3.63) is 105 Å². The monoisotopic (exact) mass is 458 g/mol. The molecule has 0 aliphatic carbocycles. The zero-order chi connectivity index (χ0) is 24.6. The summed E-state index contributed by atoms with van der Waals surface area (Å²) < 4.78 is 5.51. The van der Waals surface area contributed by atoms with Crippen molar-refractivity contribution in [3.63, 3.8) is 0 Å². The number of ether oxygens (including phenoxy) is 1. The molecule has 1 atom stereocenters. The molecule has 1 aliphatic rings. The van der Waals surface area contributed by atoms with Crippen LogP contribution in [0, 0.1) is 24.0 Å². The van der Waals surface area contributed by atoms with Gasteiger partial charge in [0.1, 0.15) is 11.5 Å². The molecule has 0 saturated carbocycles. The number of hydrogen-bond donors (Lipinski definition) is 1. The van der Waals surface area contributed by atoms with Gasteiger partial charge in [-0.25, -0.2) is 0 Å². The number of aliphatic hydroxyl groups excluding tert-OH is 1. The number of benzene rings is 3. The molecule has 8 nitrogen and oxygen atoms in total. The minimum atomic E-state index is -1.00. The zero-order valence-corrected chi connectivity index (χ0v) is 18.8. The van der Waals surface area contributed by atoms with Gasteiger partial charge < -0.3 is 9.84 Å². The Kier molecular flexibility index (Phi) is 5.89. The van der Waals surface area contributed by atoms with E-state index in [-0.39, 0.29) is 16.8 Å². The van der Waals surface area contributed by atoms with Crippen molar-refractivity contribution < 1.29 is 24.4 Å². The van der Waals surface area contributed by atoms with Gasteiger partial charge in [-0.2, -0.15) is 0 Å². The van der Waals surface area contributed by atoms with Crippen LogP contribution in [0.4, 0.5) is 11.4 Å². The van der Waals surface area contributed by atoms with Gasteiger partial charge in [0.15, 0.2) is 0 Å². The molecule has 1 fully saturated rings. The second kappa shape index (κ2) is 8.82. The van der Waals surface area contributed by atoms with Gasteiger partial charge in [0.2, 0.25) is 0 Å². The first-order valence-corrected chi connectivity index (χ1v) is 10.5. The van der Waals surface area contributed by atoms with E-state index in [2.05, 4.69) is 0 Å². The Labute approximate surface area is 195 Å². The third-order valence-electron chi connectivity index (χ3n) is 5.83. The van der Waals surface area contributed by atoms with Crippen LogP contribution in [0.1, 0.15) is 28.3 Å². The number of aryl methyl sites for hydroxylation is 2. The number of nitro groups is 1. The highest BCUT2D eigenvalue weighted by Gasteiger charge is 2.48. The third kappa shape index (κ3) is 3.79. The van der Waals surface area contributed by atoms with Crippen LogP contribution >= 0.6 is 0 Å². The molecule has 1 saturated heterocycles. The summed E-state index contributed by atoms with van der Waals surface area (Å²) in [6.07, 6.45) is 0. The van der Waals surface area contributed by atoms with Crippen molar-refractivity contribution in [1.29, 1.82) is 0 Å². The molecule has 4 rings (SSSR count). The maximum atomic E-state index is 13.4. The number of aliphatic hydroxyl groups is 1. The number of amides is 1. The number of carbonyl (C=O) groups excluding carboxylic acids is 2. The predicted octanol–water partition coefficient (Wildman–Crippen LogP) is 4.85. The lowest BCUT2D eigenvalue weighted by Gasteiger charge is -2.28. The number of non-ortho nitro benzene ring substituents is 1. The maximum Gasteiger partial charge on any atom is 0.300 e. The molecular formula is C26H22N2O6. The predicted molar refractivity (Wildman–Crippen MR) is 127 cm³/mol. The molecule has 0 spiro atoms. The number of rotatable bonds is 5. The first kappa shape index (κ1) is 22.7. The quantitative estimate of drug-likeness (QED) is 0.192. The first-order chi connectivity index (χ1) is 16.2. The van der Waals surface area contributed by atoms with Crippen LogP contribution in [0.15, 0.2) is 72.3 Å². The summed E-state index contributed by atoms with van der Waals surface area (Å²) in [4.78, 5) is 38.7. The molecule has 1 unspecified atom stereocenters. The highest BCUT2D eigenvalue weighted by molar-refractivity contribution is 6.51. The van der Waals surface area contributed by atoms with Crippen LogP contribution in [0.3, 0.4) is 0 Å². The molecule has 0 aromatic heterocycles. The standard InChI is InChI=1S/C26H22N2O6/c1-15-11-12-16(2)20(13-15)27-23(19-9-4-5-10-21(19)34-3)22(25(30)26(27)31)24(29)17-7-6-8-18(14-17)28(32)33/h4-14,23,29H,1-3H3/b24-22+. The normalized spacial score (nSPS) is 17.1. The first-order valence-electron chi connectivity index (χ1n) is 10.5. The van der Waals surface area contributed by atoms with Crippen LogP contribution in [0.25, 0.3) is 5.76 Å². The van der Waals surface area contributed by atoms with Crippen LogP contribution in [0.5, 0.6) is 5.75 Å². The lowest BCUT2D eigenvalue weighted by Crippen LogP contribution is -2.30. The van der Waals surface area contributed by atoms with E-state index < -0.39 is 28.4 Å². The number of carbonyl (C=O) groups is 2. The van der Waals surface area contributed by atoms with E-state index in [0.29, 0.717) is 17.0 Å². The van der Waals surface area contributed by atoms with E-state index >= 15 is 0 Å². The topological polar surface area (TPSA) is 110 Å². The van der Waals surface area contributed by atoms with Gasteiger partial charge in [-0.1, -0.05) is 42.5 Å².